The smallest absolute Gasteiger partial charge is 0.255 e. The molecule has 1 aliphatic heterocycles. The summed E-state index contributed by atoms with van der Waals surface area (Å²) in [6.07, 6.45) is 0. The fourth-order valence-corrected chi connectivity index (χ4v) is 3.37. The van der Waals surface area contributed by atoms with Crippen molar-refractivity contribution in [2.45, 2.75) is 13.0 Å². The van der Waals surface area contributed by atoms with Gasteiger partial charge in [0.15, 0.2) is 5.11 Å². The number of thiocarbonyl (C=S) groups is 1. The maximum atomic E-state index is 13.9. The highest BCUT2D eigenvalue weighted by atomic mass is 79.9. The molecule has 1 atom stereocenters. The number of rotatable bonds is 3. The number of hydrogen-bond acceptors (Lipinski definition) is 2. The van der Waals surface area contributed by atoms with Crippen LogP contribution in [0.3, 0.4) is 0 Å². The zero-order valence-corrected chi connectivity index (χ0v) is 15.7. The number of anilines is 1. The minimum Gasteiger partial charge on any atom is -0.351 e. The topological polar surface area (TPSA) is 53.2 Å². The molecule has 0 aliphatic carbocycles. The van der Waals surface area contributed by atoms with Crippen molar-refractivity contribution < 1.29 is 9.18 Å². The van der Waals surface area contributed by atoms with Crippen molar-refractivity contribution in [1.29, 1.82) is 0 Å². The van der Waals surface area contributed by atoms with Crippen molar-refractivity contribution in [3.63, 3.8) is 0 Å². The number of halogens is 2. The number of carbonyl (C=O) groups excluding carboxylic acids is 1. The molecule has 7 heteroatoms. The van der Waals surface area contributed by atoms with Crippen LogP contribution in [0.15, 0.2) is 64.3 Å². The summed E-state index contributed by atoms with van der Waals surface area (Å²) in [5.74, 6) is -0.879. The van der Waals surface area contributed by atoms with E-state index in [4.69, 9.17) is 12.2 Å². The lowest BCUT2D eigenvalue weighted by Crippen LogP contribution is -2.45. The maximum absolute atomic E-state index is 13.9. The third-order valence-corrected chi connectivity index (χ3v) is 4.53. The lowest BCUT2D eigenvalue weighted by molar-refractivity contribution is -0.113. The third kappa shape index (κ3) is 3.88. The van der Waals surface area contributed by atoms with Crippen LogP contribution in [0.25, 0.3) is 0 Å². The molecule has 0 saturated carbocycles. The SMILES string of the molecule is CC1=C(C(=O)Nc2ccccc2F)[C@H](c2cccc(Br)c2)NC(=S)N1. The number of para-hydroxylation sites is 1. The van der Waals surface area contributed by atoms with Gasteiger partial charge in [-0.1, -0.05) is 40.2 Å². The number of benzene rings is 2. The van der Waals surface area contributed by atoms with Crippen molar-refractivity contribution in [3.05, 3.63) is 75.7 Å². The van der Waals surface area contributed by atoms with Gasteiger partial charge < -0.3 is 16.0 Å². The predicted molar refractivity (Wildman–Crippen MR) is 103 cm³/mol. The van der Waals surface area contributed by atoms with Crippen LogP contribution < -0.4 is 16.0 Å². The number of nitrogens with one attached hydrogen (secondary N) is 3. The van der Waals surface area contributed by atoms with Crippen LogP contribution in [-0.4, -0.2) is 11.0 Å². The zero-order chi connectivity index (χ0) is 18.0. The van der Waals surface area contributed by atoms with Crippen molar-refractivity contribution in [2.24, 2.45) is 0 Å². The van der Waals surface area contributed by atoms with Crippen molar-refractivity contribution in [3.8, 4) is 0 Å². The summed E-state index contributed by atoms with van der Waals surface area (Å²) in [5, 5.41) is 9.14. The van der Waals surface area contributed by atoms with Crippen molar-refractivity contribution in [1.82, 2.24) is 10.6 Å². The first kappa shape index (κ1) is 17.6. The van der Waals surface area contributed by atoms with E-state index in [0.717, 1.165) is 10.0 Å². The largest absolute Gasteiger partial charge is 0.351 e. The van der Waals surface area contributed by atoms with Gasteiger partial charge in [-0.15, -0.1) is 0 Å². The minimum atomic E-state index is -0.486. The minimum absolute atomic E-state index is 0.133. The number of hydrogen-bond donors (Lipinski definition) is 3. The second-order valence-corrected chi connectivity index (χ2v) is 6.88. The molecule has 128 valence electrons. The van der Waals surface area contributed by atoms with E-state index in [0.29, 0.717) is 16.4 Å². The Bertz CT molecular complexity index is 884. The Kier molecular flexibility index (Phi) is 5.15. The first-order chi connectivity index (χ1) is 12.0. The summed E-state index contributed by atoms with van der Waals surface area (Å²) in [7, 11) is 0. The standard InChI is InChI=1S/C18H15BrFN3OS/c1-10-15(17(24)22-14-8-3-2-7-13(14)20)16(23-18(25)21-10)11-5-4-6-12(19)9-11/h2-9,16H,1H3,(H,22,24)(H2,21,23,25)/t16-/m0/s1. The average Bonchev–Trinajstić information content (AvgIpc) is 2.56. The second-order valence-electron chi connectivity index (χ2n) is 5.56. The Labute approximate surface area is 158 Å². The van der Waals surface area contributed by atoms with Crippen LogP contribution in [-0.2, 0) is 4.79 Å². The third-order valence-electron chi connectivity index (χ3n) is 3.82. The van der Waals surface area contributed by atoms with E-state index in [-0.39, 0.29) is 5.69 Å². The quantitative estimate of drug-likeness (QED) is 0.657. The molecule has 1 aliphatic rings. The fraction of sp³-hybridized carbons (Fsp3) is 0.111. The lowest BCUT2D eigenvalue weighted by Gasteiger charge is -2.30. The molecule has 0 fully saturated rings. The molecule has 2 aromatic carbocycles. The van der Waals surface area contributed by atoms with Gasteiger partial charge in [0.1, 0.15) is 5.82 Å². The molecule has 25 heavy (non-hydrogen) atoms. The number of carbonyl (C=O) groups is 1. The van der Waals surface area contributed by atoms with E-state index in [2.05, 4.69) is 31.9 Å². The van der Waals surface area contributed by atoms with Gasteiger partial charge in [0.2, 0.25) is 0 Å². The van der Waals surface area contributed by atoms with Gasteiger partial charge >= 0.3 is 0 Å². The van der Waals surface area contributed by atoms with Crippen LogP contribution >= 0.6 is 28.1 Å². The summed E-state index contributed by atoms with van der Waals surface area (Å²) in [5.41, 5.74) is 2.09. The van der Waals surface area contributed by atoms with Gasteiger partial charge in [-0.3, -0.25) is 4.79 Å². The van der Waals surface area contributed by atoms with Gasteiger partial charge in [0.25, 0.3) is 5.91 Å². The molecule has 0 bridgehead atoms. The van der Waals surface area contributed by atoms with E-state index in [9.17, 15) is 9.18 Å². The molecule has 1 amide bonds. The number of amides is 1. The van der Waals surface area contributed by atoms with Crippen LogP contribution in [0.2, 0.25) is 0 Å². The summed E-state index contributed by atoms with van der Waals surface area (Å²) in [6.45, 7) is 1.77. The van der Waals surface area contributed by atoms with Crippen molar-refractivity contribution >= 4 is 44.9 Å². The molecule has 0 radical (unpaired) electrons. The first-order valence-electron chi connectivity index (χ1n) is 7.55. The Morgan fingerprint density at radius 3 is 2.72 bits per heavy atom. The molecule has 0 aromatic heterocycles. The Morgan fingerprint density at radius 2 is 2.00 bits per heavy atom. The molecule has 2 aromatic rings. The summed E-state index contributed by atoms with van der Waals surface area (Å²) in [4.78, 5) is 12.8. The van der Waals surface area contributed by atoms with Crippen LogP contribution in [0.1, 0.15) is 18.5 Å². The molecule has 0 saturated heterocycles. The number of allylic oxidation sites excluding steroid dienone is 1. The normalized spacial score (nSPS) is 16.9. The van der Waals surface area contributed by atoms with E-state index < -0.39 is 17.8 Å². The van der Waals surface area contributed by atoms with E-state index in [1.165, 1.54) is 12.1 Å². The summed E-state index contributed by atoms with van der Waals surface area (Å²) < 4.78 is 14.8. The fourth-order valence-electron chi connectivity index (χ4n) is 2.68. The van der Waals surface area contributed by atoms with E-state index >= 15 is 0 Å². The maximum Gasteiger partial charge on any atom is 0.255 e. The zero-order valence-electron chi connectivity index (χ0n) is 13.3. The first-order valence-corrected chi connectivity index (χ1v) is 8.75. The molecular weight excluding hydrogens is 405 g/mol. The van der Waals surface area contributed by atoms with Crippen LogP contribution in [0, 0.1) is 5.82 Å². The van der Waals surface area contributed by atoms with Gasteiger partial charge in [-0.25, -0.2) is 4.39 Å². The highest BCUT2D eigenvalue weighted by Gasteiger charge is 2.30. The Balaban J connectivity index is 1.97. The van der Waals surface area contributed by atoms with Gasteiger partial charge in [0, 0.05) is 10.2 Å². The highest BCUT2D eigenvalue weighted by Crippen LogP contribution is 2.29. The molecule has 0 unspecified atom stereocenters. The molecule has 1 heterocycles. The monoisotopic (exact) mass is 419 g/mol. The Hall–Kier alpha value is -2.25. The Morgan fingerprint density at radius 1 is 1.24 bits per heavy atom. The molecule has 0 spiro atoms. The van der Waals surface area contributed by atoms with Crippen molar-refractivity contribution in [2.75, 3.05) is 5.32 Å². The molecule has 3 N–H and O–H groups in total. The molecule has 3 rings (SSSR count). The van der Waals surface area contributed by atoms with Crippen LogP contribution in [0.5, 0.6) is 0 Å². The molecule has 4 nitrogen and oxygen atoms in total. The highest BCUT2D eigenvalue weighted by molar-refractivity contribution is 9.10. The summed E-state index contributed by atoms with van der Waals surface area (Å²) >= 11 is 8.66. The lowest BCUT2D eigenvalue weighted by atomic mass is 9.95. The summed E-state index contributed by atoms with van der Waals surface area (Å²) in [6, 6.07) is 13.2. The van der Waals surface area contributed by atoms with Gasteiger partial charge in [-0.05, 0) is 49.0 Å². The average molecular weight is 420 g/mol. The van der Waals surface area contributed by atoms with Gasteiger partial charge in [-0.2, -0.15) is 0 Å². The van der Waals surface area contributed by atoms with Gasteiger partial charge in [0.05, 0.1) is 17.3 Å². The van der Waals surface area contributed by atoms with Crippen LogP contribution in [0.4, 0.5) is 10.1 Å². The second kappa shape index (κ2) is 7.33. The predicted octanol–water partition coefficient (Wildman–Crippen LogP) is 4.02. The van der Waals surface area contributed by atoms with E-state index in [1.807, 2.05) is 24.3 Å². The van der Waals surface area contributed by atoms with E-state index in [1.54, 1.807) is 19.1 Å². The molecular formula is C18H15BrFN3OS.